The molecule has 4 heteroatoms. The highest BCUT2D eigenvalue weighted by atomic mass is 19.1. The second-order valence-electron chi connectivity index (χ2n) is 3.56. The van der Waals surface area contributed by atoms with E-state index in [9.17, 15) is 8.78 Å². The first-order valence-corrected chi connectivity index (χ1v) is 4.94. The van der Waals surface area contributed by atoms with Gasteiger partial charge >= 0.3 is 0 Å². The standard InChI is InChI=1S/C11H12F2O2/c12-8-4-9(13)6-11(5-8)15-10-2-1-3-14-7-10/h4-6,10H,1-3,7H2. The highest BCUT2D eigenvalue weighted by molar-refractivity contribution is 5.24. The molecule has 1 aromatic carbocycles. The fourth-order valence-corrected chi connectivity index (χ4v) is 1.59. The topological polar surface area (TPSA) is 18.5 Å². The van der Waals surface area contributed by atoms with E-state index in [-0.39, 0.29) is 11.9 Å². The van der Waals surface area contributed by atoms with E-state index < -0.39 is 11.6 Å². The molecule has 0 N–H and O–H groups in total. The van der Waals surface area contributed by atoms with Crippen LogP contribution < -0.4 is 4.74 Å². The molecule has 2 nitrogen and oxygen atoms in total. The zero-order valence-corrected chi connectivity index (χ0v) is 8.21. The summed E-state index contributed by atoms with van der Waals surface area (Å²) in [6, 6.07) is 3.18. The molecule has 15 heavy (non-hydrogen) atoms. The lowest BCUT2D eigenvalue weighted by Gasteiger charge is -2.23. The summed E-state index contributed by atoms with van der Waals surface area (Å²) >= 11 is 0. The van der Waals surface area contributed by atoms with E-state index >= 15 is 0 Å². The van der Waals surface area contributed by atoms with Crippen LogP contribution in [-0.2, 0) is 4.74 Å². The second kappa shape index (κ2) is 4.57. The third-order valence-corrected chi connectivity index (χ3v) is 2.26. The Bertz CT molecular complexity index is 315. The van der Waals surface area contributed by atoms with Gasteiger partial charge in [-0.15, -0.1) is 0 Å². The van der Waals surface area contributed by atoms with Gasteiger partial charge in [0.05, 0.1) is 6.61 Å². The lowest BCUT2D eigenvalue weighted by molar-refractivity contribution is 0.00719. The Hall–Kier alpha value is -1.16. The van der Waals surface area contributed by atoms with Crippen molar-refractivity contribution < 1.29 is 18.3 Å². The van der Waals surface area contributed by atoms with Crippen LogP contribution in [0.15, 0.2) is 18.2 Å². The van der Waals surface area contributed by atoms with E-state index in [1.807, 2.05) is 0 Å². The largest absolute Gasteiger partial charge is 0.488 e. The van der Waals surface area contributed by atoms with Gasteiger partial charge in [0, 0.05) is 24.8 Å². The number of hydrogen-bond donors (Lipinski definition) is 0. The zero-order chi connectivity index (χ0) is 10.7. The van der Waals surface area contributed by atoms with Crippen LogP contribution in [0.5, 0.6) is 5.75 Å². The normalized spacial score (nSPS) is 21.3. The van der Waals surface area contributed by atoms with Crippen molar-refractivity contribution in [1.82, 2.24) is 0 Å². The summed E-state index contributed by atoms with van der Waals surface area (Å²) in [6.45, 7) is 1.22. The summed E-state index contributed by atoms with van der Waals surface area (Å²) in [5, 5.41) is 0. The van der Waals surface area contributed by atoms with Crippen molar-refractivity contribution >= 4 is 0 Å². The Labute approximate surface area is 86.8 Å². The molecule has 1 saturated heterocycles. The molecule has 0 radical (unpaired) electrons. The van der Waals surface area contributed by atoms with E-state index in [0.29, 0.717) is 6.61 Å². The number of rotatable bonds is 2. The van der Waals surface area contributed by atoms with Crippen LogP contribution in [0.2, 0.25) is 0 Å². The smallest absolute Gasteiger partial charge is 0.129 e. The van der Waals surface area contributed by atoms with Crippen LogP contribution in [0.4, 0.5) is 8.78 Å². The molecule has 1 heterocycles. The van der Waals surface area contributed by atoms with Crippen molar-refractivity contribution in [3.8, 4) is 5.75 Å². The van der Waals surface area contributed by atoms with E-state index in [2.05, 4.69) is 0 Å². The Kier molecular flexibility index (Phi) is 3.16. The molecule has 1 aromatic rings. The van der Waals surface area contributed by atoms with E-state index in [1.54, 1.807) is 0 Å². The highest BCUT2D eigenvalue weighted by Gasteiger charge is 2.15. The van der Waals surface area contributed by atoms with Crippen molar-refractivity contribution in [1.29, 1.82) is 0 Å². The quantitative estimate of drug-likeness (QED) is 0.753. The SMILES string of the molecule is Fc1cc(F)cc(OC2CCCOC2)c1. The predicted molar refractivity (Wildman–Crippen MR) is 50.8 cm³/mol. The molecule has 0 amide bonds. The third kappa shape index (κ3) is 2.89. The van der Waals surface area contributed by atoms with E-state index in [4.69, 9.17) is 9.47 Å². The first kappa shape index (κ1) is 10.4. The minimum Gasteiger partial charge on any atom is -0.488 e. The lowest BCUT2D eigenvalue weighted by Crippen LogP contribution is -2.28. The van der Waals surface area contributed by atoms with Crippen LogP contribution in [0, 0.1) is 11.6 Å². The molecule has 0 aliphatic carbocycles. The fraction of sp³-hybridized carbons (Fsp3) is 0.455. The van der Waals surface area contributed by atoms with E-state index in [1.165, 1.54) is 12.1 Å². The minimum absolute atomic E-state index is 0.0973. The number of ether oxygens (including phenoxy) is 2. The van der Waals surface area contributed by atoms with Gasteiger partial charge in [0.25, 0.3) is 0 Å². The summed E-state index contributed by atoms with van der Waals surface area (Å²) < 4.78 is 36.3. The molecule has 82 valence electrons. The number of benzene rings is 1. The Morgan fingerprint density at radius 3 is 2.53 bits per heavy atom. The average Bonchev–Trinajstić information content (AvgIpc) is 2.17. The van der Waals surface area contributed by atoms with Crippen molar-refractivity contribution in [3.05, 3.63) is 29.8 Å². The van der Waals surface area contributed by atoms with Crippen molar-refractivity contribution in [2.75, 3.05) is 13.2 Å². The van der Waals surface area contributed by atoms with Gasteiger partial charge in [-0.05, 0) is 12.8 Å². The van der Waals surface area contributed by atoms with Gasteiger partial charge in [0.2, 0.25) is 0 Å². The van der Waals surface area contributed by atoms with Crippen LogP contribution >= 0.6 is 0 Å². The predicted octanol–water partition coefficient (Wildman–Crippen LogP) is 2.52. The van der Waals surface area contributed by atoms with Crippen LogP contribution in [0.25, 0.3) is 0 Å². The summed E-state index contributed by atoms with van der Waals surface area (Å²) in [7, 11) is 0. The second-order valence-corrected chi connectivity index (χ2v) is 3.56. The zero-order valence-electron chi connectivity index (χ0n) is 8.21. The maximum atomic E-state index is 12.8. The Morgan fingerprint density at radius 1 is 1.20 bits per heavy atom. The summed E-state index contributed by atoms with van der Waals surface area (Å²) in [5.74, 6) is -1.02. The lowest BCUT2D eigenvalue weighted by atomic mass is 10.2. The van der Waals surface area contributed by atoms with Gasteiger partial charge in [0.1, 0.15) is 23.5 Å². The molecule has 0 saturated carbocycles. The van der Waals surface area contributed by atoms with Crippen LogP contribution in [0.1, 0.15) is 12.8 Å². The molecule has 1 aliphatic rings. The Balaban J connectivity index is 2.02. The Morgan fingerprint density at radius 2 is 1.93 bits per heavy atom. The van der Waals surface area contributed by atoms with Gasteiger partial charge in [-0.1, -0.05) is 0 Å². The minimum atomic E-state index is -0.623. The van der Waals surface area contributed by atoms with Gasteiger partial charge < -0.3 is 9.47 Å². The maximum Gasteiger partial charge on any atom is 0.129 e. The molecular formula is C11H12F2O2. The van der Waals surface area contributed by atoms with Crippen molar-refractivity contribution in [2.45, 2.75) is 18.9 Å². The average molecular weight is 214 g/mol. The molecule has 1 atom stereocenters. The van der Waals surface area contributed by atoms with Gasteiger partial charge in [-0.25, -0.2) is 8.78 Å². The van der Waals surface area contributed by atoms with Crippen LogP contribution in [-0.4, -0.2) is 19.3 Å². The molecule has 2 rings (SSSR count). The van der Waals surface area contributed by atoms with E-state index in [0.717, 1.165) is 25.5 Å². The van der Waals surface area contributed by atoms with Gasteiger partial charge in [-0.2, -0.15) is 0 Å². The maximum absolute atomic E-state index is 12.8. The first-order chi connectivity index (χ1) is 7.24. The molecule has 1 fully saturated rings. The summed E-state index contributed by atoms with van der Waals surface area (Å²) in [4.78, 5) is 0. The highest BCUT2D eigenvalue weighted by Crippen LogP contribution is 2.19. The fourth-order valence-electron chi connectivity index (χ4n) is 1.59. The molecule has 1 unspecified atom stereocenters. The third-order valence-electron chi connectivity index (χ3n) is 2.26. The molecular weight excluding hydrogens is 202 g/mol. The number of halogens is 2. The van der Waals surface area contributed by atoms with Gasteiger partial charge in [0.15, 0.2) is 0 Å². The summed E-state index contributed by atoms with van der Waals surface area (Å²) in [6.07, 6.45) is 1.68. The number of hydrogen-bond acceptors (Lipinski definition) is 2. The molecule has 0 aromatic heterocycles. The molecule has 0 bridgehead atoms. The monoisotopic (exact) mass is 214 g/mol. The van der Waals surface area contributed by atoms with Crippen LogP contribution in [0.3, 0.4) is 0 Å². The van der Waals surface area contributed by atoms with Crippen molar-refractivity contribution in [2.24, 2.45) is 0 Å². The molecule has 1 aliphatic heterocycles. The molecule has 0 spiro atoms. The van der Waals surface area contributed by atoms with Gasteiger partial charge in [-0.3, -0.25) is 0 Å². The summed E-state index contributed by atoms with van der Waals surface area (Å²) in [5.41, 5.74) is 0. The van der Waals surface area contributed by atoms with Crippen molar-refractivity contribution in [3.63, 3.8) is 0 Å². The first-order valence-electron chi connectivity index (χ1n) is 4.94.